The summed E-state index contributed by atoms with van der Waals surface area (Å²) in [6, 6.07) is 5.89. The molecule has 23 heavy (non-hydrogen) atoms. The van der Waals surface area contributed by atoms with E-state index in [4.69, 9.17) is 0 Å². The lowest BCUT2D eigenvalue weighted by Crippen LogP contribution is -2.23. The molecule has 0 unspecified atom stereocenters. The highest BCUT2D eigenvalue weighted by atomic mass is 16.3. The third-order valence-corrected chi connectivity index (χ3v) is 4.14. The van der Waals surface area contributed by atoms with Gasteiger partial charge in [0.2, 0.25) is 0 Å². The predicted molar refractivity (Wildman–Crippen MR) is 83.4 cm³/mol. The second kappa shape index (κ2) is 5.43. The summed E-state index contributed by atoms with van der Waals surface area (Å²) in [5, 5.41) is 29.6. The Morgan fingerprint density at radius 2 is 1.65 bits per heavy atom. The number of carbonyl (C=O) groups is 2. The summed E-state index contributed by atoms with van der Waals surface area (Å²) in [5.41, 5.74) is 0.611. The van der Waals surface area contributed by atoms with E-state index in [2.05, 4.69) is 0 Å². The van der Waals surface area contributed by atoms with Crippen molar-refractivity contribution < 1.29 is 24.9 Å². The van der Waals surface area contributed by atoms with Crippen molar-refractivity contribution in [2.24, 2.45) is 0 Å². The average molecular weight is 312 g/mol. The van der Waals surface area contributed by atoms with Crippen LogP contribution in [0.1, 0.15) is 57.2 Å². The van der Waals surface area contributed by atoms with Gasteiger partial charge in [0.05, 0.1) is 11.1 Å². The highest BCUT2D eigenvalue weighted by molar-refractivity contribution is 6.30. The maximum Gasteiger partial charge on any atom is 0.198 e. The summed E-state index contributed by atoms with van der Waals surface area (Å²) in [4.78, 5) is 25.5. The number of phenolic OH excluding ortho intramolecular Hbond substituents is 3. The van der Waals surface area contributed by atoms with Crippen molar-refractivity contribution in [3.63, 3.8) is 0 Å². The second-order valence-corrected chi connectivity index (χ2v) is 5.61. The number of fused-ring (bicyclic) bond motifs is 2. The molecule has 0 heterocycles. The lowest BCUT2D eigenvalue weighted by molar-refractivity contribution is 0.0972. The van der Waals surface area contributed by atoms with Gasteiger partial charge in [0.1, 0.15) is 5.75 Å². The van der Waals surface area contributed by atoms with Crippen LogP contribution in [0, 0.1) is 0 Å². The molecular formula is C18H16O5. The van der Waals surface area contributed by atoms with Crippen molar-refractivity contribution in [2.75, 3.05) is 0 Å². The fourth-order valence-electron chi connectivity index (χ4n) is 2.99. The van der Waals surface area contributed by atoms with E-state index in [0.717, 1.165) is 24.5 Å². The summed E-state index contributed by atoms with van der Waals surface area (Å²) >= 11 is 0. The van der Waals surface area contributed by atoms with Gasteiger partial charge in [0.25, 0.3) is 0 Å². The molecule has 2 aromatic carbocycles. The minimum Gasteiger partial charge on any atom is -0.507 e. The van der Waals surface area contributed by atoms with Crippen molar-refractivity contribution in [3.8, 4) is 17.2 Å². The molecule has 5 nitrogen and oxygen atoms in total. The molecule has 0 fully saturated rings. The Balaban J connectivity index is 2.28. The van der Waals surface area contributed by atoms with Gasteiger partial charge in [0.15, 0.2) is 23.1 Å². The van der Waals surface area contributed by atoms with E-state index in [1.165, 1.54) is 6.07 Å². The van der Waals surface area contributed by atoms with Crippen molar-refractivity contribution in [2.45, 2.75) is 26.2 Å². The first-order valence-electron chi connectivity index (χ1n) is 7.46. The lowest BCUT2D eigenvalue weighted by atomic mass is 9.80. The zero-order chi connectivity index (χ0) is 16.7. The van der Waals surface area contributed by atoms with Crippen molar-refractivity contribution in [3.05, 3.63) is 52.1 Å². The number of hydrogen-bond donors (Lipinski definition) is 3. The second-order valence-electron chi connectivity index (χ2n) is 5.61. The molecule has 0 radical (unpaired) electrons. The van der Waals surface area contributed by atoms with Crippen LogP contribution >= 0.6 is 0 Å². The van der Waals surface area contributed by atoms with Crippen LogP contribution in [0.25, 0.3) is 0 Å². The topological polar surface area (TPSA) is 94.8 Å². The minimum atomic E-state index is -0.674. The molecule has 1 aliphatic carbocycles. The Labute approximate surface area is 132 Å². The van der Waals surface area contributed by atoms with E-state index in [1.54, 1.807) is 12.1 Å². The fraction of sp³-hybridized carbons (Fsp3) is 0.222. The first kappa shape index (κ1) is 15.1. The van der Waals surface area contributed by atoms with E-state index in [-0.39, 0.29) is 22.3 Å². The van der Waals surface area contributed by atoms with Crippen molar-refractivity contribution in [1.29, 1.82) is 0 Å². The Kier molecular flexibility index (Phi) is 3.56. The van der Waals surface area contributed by atoms with Crippen LogP contribution in [0.4, 0.5) is 0 Å². The van der Waals surface area contributed by atoms with Gasteiger partial charge < -0.3 is 15.3 Å². The summed E-state index contributed by atoms with van der Waals surface area (Å²) in [5.74, 6) is -2.90. The van der Waals surface area contributed by atoms with Crippen LogP contribution in [0.2, 0.25) is 0 Å². The number of hydrogen-bond acceptors (Lipinski definition) is 5. The molecule has 0 spiro atoms. The molecule has 0 bridgehead atoms. The van der Waals surface area contributed by atoms with Gasteiger partial charge in [-0.1, -0.05) is 31.5 Å². The quantitative estimate of drug-likeness (QED) is 0.510. The zero-order valence-corrected chi connectivity index (χ0v) is 12.6. The molecule has 1 aliphatic rings. The van der Waals surface area contributed by atoms with Crippen molar-refractivity contribution >= 4 is 11.6 Å². The summed E-state index contributed by atoms with van der Waals surface area (Å²) in [6.45, 7) is 2.03. The van der Waals surface area contributed by atoms with Gasteiger partial charge in [-0.2, -0.15) is 0 Å². The number of unbranched alkanes of at least 4 members (excludes halogenated alkanes) is 1. The van der Waals surface area contributed by atoms with Crippen LogP contribution in [0.15, 0.2) is 24.3 Å². The normalized spacial score (nSPS) is 12.9. The highest BCUT2D eigenvalue weighted by Gasteiger charge is 2.36. The number of aromatic hydroxyl groups is 3. The minimum absolute atomic E-state index is 0.219. The Morgan fingerprint density at radius 3 is 2.35 bits per heavy atom. The van der Waals surface area contributed by atoms with Gasteiger partial charge in [-0.05, 0) is 18.4 Å². The first-order chi connectivity index (χ1) is 11.0. The number of carbonyl (C=O) groups excluding carboxylic acids is 2. The van der Waals surface area contributed by atoms with Gasteiger partial charge >= 0.3 is 0 Å². The van der Waals surface area contributed by atoms with E-state index >= 15 is 0 Å². The number of benzene rings is 2. The van der Waals surface area contributed by atoms with Gasteiger partial charge in [-0.15, -0.1) is 0 Å². The third kappa shape index (κ3) is 2.16. The maximum absolute atomic E-state index is 12.8. The lowest BCUT2D eigenvalue weighted by Gasteiger charge is -2.22. The Morgan fingerprint density at radius 1 is 0.913 bits per heavy atom. The van der Waals surface area contributed by atoms with E-state index < -0.39 is 28.8 Å². The summed E-state index contributed by atoms with van der Waals surface area (Å²) in [6.07, 6.45) is 2.44. The standard InChI is InChI=1S/C18H16O5/c1-2-3-5-9-6-4-7-10-13(9)18(23)15-14(16(10)21)11(19)8-12(20)17(15)22/h4,6-8,19-20,22H,2-3,5H2,1H3. The third-order valence-electron chi connectivity index (χ3n) is 4.14. The molecule has 2 aromatic rings. The zero-order valence-electron chi connectivity index (χ0n) is 12.6. The largest absolute Gasteiger partial charge is 0.507 e. The van der Waals surface area contributed by atoms with Crippen molar-refractivity contribution in [1.82, 2.24) is 0 Å². The van der Waals surface area contributed by atoms with Gasteiger partial charge in [0, 0.05) is 17.2 Å². The molecule has 0 atom stereocenters. The highest BCUT2D eigenvalue weighted by Crippen LogP contribution is 2.43. The van der Waals surface area contributed by atoms with E-state index in [1.807, 2.05) is 6.92 Å². The summed E-state index contributed by atoms with van der Waals surface area (Å²) in [7, 11) is 0. The number of phenols is 3. The SMILES string of the molecule is CCCCc1cccc2c1C(=O)c1c(O)c(O)cc(O)c1C2=O. The monoisotopic (exact) mass is 312 g/mol. The molecule has 0 saturated heterocycles. The summed E-state index contributed by atoms with van der Waals surface area (Å²) < 4.78 is 0. The molecule has 0 aliphatic heterocycles. The van der Waals surface area contributed by atoms with Gasteiger partial charge in [-0.3, -0.25) is 9.59 Å². The molecule has 0 amide bonds. The van der Waals surface area contributed by atoms with Crippen LogP contribution in [0.5, 0.6) is 17.2 Å². The van der Waals surface area contributed by atoms with Crippen LogP contribution in [-0.4, -0.2) is 26.9 Å². The van der Waals surface area contributed by atoms with E-state index in [0.29, 0.717) is 6.42 Å². The maximum atomic E-state index is 12.8. The van der Waals surface area contributed by atoms with E-state index in [9.17, 15) is 24.9 Å². The number of ketones is 2. The number of aryl methyl sites for hydroxylation is 1. The molecular weight excluding hydrogens is 296 g/mol. The molecule has 118 valence electrons. The van der Waals surface area contributed by atoms with Crippen LogP contribution in [0.3, 0.4) is 0 Å². The Hall–Kier alpha value is -2.82. The fourth-order valence-corrected chi connectivity index (χ4v) is 2.99. The first-order valence-corrected chi connectivity index (χ1v) is 7.46. The number of rotatable bonds is 3. The Bertz CT molecular complexity index is 836. The molecule has 3 N–H and O–H groups in total. The van der Waals surface area contributed by atoms with Crippen LogP contribution < -0.4 is 0 Å². The molecule has 0 saturated carbocycles. The molecule has 0 aromatic heterocycles. The van der Waals surface area contributed by atoms with Gasteiger partial charge in [-0.25, -0.2) is 0 Å². The van der Waals surface area contributed by atoms with Crippen LogP contribution in [-0.2, 0) is 6.42 Å². The molecule has 5 heteroatoms. The average Bonchev–Trinajstić information content (AvgIpc) is 2.53. The smallest absolute Gasteiger partial charge is 0.198 e. The predicted octanol–water partition coefficient (Wildman–Crippen LogP) is 2.92. The molecule has 3 rings (SSSR count).